The monoisotopic (exact) mass is 360 g/mol. The molecular formula is C21H17ClN4. The van der Waals surface area contributed by atoms with Gasteiger partial charge in [-0.2, -0.15) is 0 Å². The van der Waals surface area contributed by atoms with Gasteiger partial charge in [-0.3, -0.25) is 4.98 Å². The molecule has 0 saturated heterocycles. The zero-order valence-electron chi connectivity index (χ0n) is 14.3. The topological polar surface area (TPSA) is 50.7 Å². The van der Waals surface area contributed by atoms with Gasteiger partial charge in [-0.05, 0) is 53.3 Å². The quantitative estimate of drug-likeness (QED) is 0.504. The number of pyridine rings is 3. The van der Waals surface area contributed by atoms with E-state index in [4.69, 9.17) is 11.6 Å². The number of aromatic nitrogens is 3. The highest BCUT2D eigenvalue weighted by Gasteiger charge is 2.04. The number of nitrogens with one attached hydrogen (secondary N) is 1. The molecule has 0 aliphatic rings. The van der Waals surface area contributed by atoms with E-state index in [0.29, 0.717) is 11.7 Å². The van der Waals surface area contributed by atoms with Gasteiger partial charge in [0.25, 0.3) is 0 Å². The lowest BCUT2D eigenvalue weighted by Gasteiger charge is -2.09. The van der Waals surface area contributed by atoms with E-state index < -0.39 is 0 Å². The average molecular weight is 361 g/mol. The SMILES string of the molecule is Cc1cc(-c2ccc(CNc3nccc4cc(Cl)ncc34)cc2)ccn1. The van der Waals surface area contributed by atoms with E-state index in [1.54, 1.807) is 12.4 Å². The lowest BCUT2D eigenvalue weighted by atomic mass is 10.0. The number of fused-ring (bicyclic) bond motifs is 1. The smallest absolute Gasteiger partial charge is 0.135 e. The van der Waals surface area contributed by atoms with E-state index in [1.165, 1.54) is 16.7 Å². The van der Waals surface area contributed by atoms with Crippen LogP contribution in [0.1, 0.15) is 11.3 Å². The van der Waals surface area contributed by atoms with Crippen molar-refractivity contribution in [2.75, 3.05) is 5.32 Å². The molecule has 4 rings (SSSR count). The number of anilines is 1. The Morgan fingerprint density at radius 3 is 2.50 bits per heavy atom. The summed E-state index contributed by atoms with van der Waals surface area (Å²) in [5, 5.41) is 5.85. The third kappa shape index (κ3) is 3.51. The molecule has 5 heteroatoms. The lowest BCUT2D eigenvalue weighted by molar-refractivity contribution is 1.12. The van der Waals surface area contributed by atoms with Crippen molar-refractivity contribution in [3.05, 3.63) is 83.5 Å². The summed E-state index contributed by atoms with van der Waals surface area (Å²) in [6.45, 7) is 2.69. The van der Waals surface area contributed by atoms with Crippen LogP contribution < -0.4 is 5.32 Å². The van der Waals surface area contributed by atoms with Gasteiger partial charge in [0.15, 0.2) is 0 Å². The predicted molar refractivity (Wildman–Crippen MR) is 106 cm³/mol. The second-order valence-electron chi connectivity index (χ2n) is 6.12. The second kappa shape index (κ2) is 7.10. The van der Waals surface area contributed by atoms with Crippen LogP contribution in [0.4, 0.5) is 5.82 Å². The first-order chi connectivity index (χ1) is 12.7. The molecule has 0 radical (unpaired) electrons. The van der Waals surface area contributed by atoms with Crippen LogP contribution in [-0.2, 0) is 6.54 Å². The highest BCUT2D eigenvalue weighted by molar-refractivity contribution is 6.30. The van der Waals surface area contributed by atoms with Crippen molar-refractivity contribution in [3.63, 3.8) is 0 Å². The molecule has 0 bridgehead atoms. The Labute approximate surface area is 156 Å². The molecule has 3 heterocycles. The molecule has 1 N–H and O–H groups in total. The van der Waals surface area contributed by atoms with Gasteiger partial charge >= 0.3 is 0 Å². The van der Waals surface area contributed by atoms with Crippen molar-refractivity contribution in [1.82, 2.24) is 15.0 Å². The fourth-order valence-electron chi connectivity index (χ4n) is 2.91. The second-order valence-corrected chi connectivity index (χ2v) is 6.51. The highest BCUT2D eigenvalue weighted by Crippen LogP contribution is 2.24. The lowest BCUT2D eigenvalue weighted by Crippen LogP contribution is -2.02. The molecule has 26 heavy (non-hydrogen) atoms. The normalized spacial score (nSPS) is 10.8. The van der Waals surface area contributed by atoms with E-state index >= 15 is 0 Å². The third-order valence-electron chi connectivity index (χ3n) is 4.26. The molecule has 0 amide bonds. The van der Waals surface area contributed by atoms with Crippen LogP contribution in [0.5, 0.6) is 0 Å². The van der Waals surface area contributed by atoms with Crippen molar-refractivity contribution < 1.29 is 0 Å². The van der Waals surface area contributed by atoms with Crippen LogP contribution in [0.15, 0.2) is 67.1 Å². The van der Waals surface area contributed by atoms with Gasteiger partial charge in [0, 0.05) is 36.2 Å². The Kier molecular flexibility index (Phi) is 4.50. The molecule has 1 aromatic carbocycles. The van der Waals surface area contributed by atoms with Gasteiger partial charge in [-0.25, -0.2) is 9.97 Å². The van der Waals surface area contributed by atoms with Crippen molar-refractivity contribution in [1.29, 1.82) is 0 Å². The summed E-state index contributed by atoms with van der Waals surface area (Å²) in [5.41, 5.74) is 4.56. The molecule has 0 fully saturated rings. The molecule has 0 spiro atoms. The highest BCUT2D eigenvalue weighted by atomic mass is 35.5. The van der Waals surface area contributed by atoms with Crippen LogP contribution in [0.25, 0.3) is 21.9 Å². The Morgan fingerprint density at radius 1 is 0.885 bits per heavy atom. The molecule has 0 saturated carbocycles. The van der Waals surface area contributed by atoms with Gasteiger partial charge in [-0.15, -0.1) is 0 Å². The maximum Gasteiger partial charge on any atom is 0.135 e. The molecule has 0 aliphatic carbocycles. The first kappa shape index (κ1) is 16.5. The number of halogens is 1. The summed E-state index contributed by atoms with van der Waals surface area (Å²) in [4.78, 5) is 12.8. The van der Waals surface area contributed by atoms with Crippen LogP contribution in [0, 0.1) is 6.92 Å². The van der Waals surface area contributed by atoms with E-state index in [2.05, 4.69) is 50.6 Å². The molecular weight excluding hydrogens is 344 g/mol. The Morgan fingerprint density at radius 2 is 1.69 bits per heavy atom. The minimum Gasteiger partial charge on any atom is -0.365 e. The minimum absolute atomic E-state index is 0.483. The van der Waals surface area contributed by atoms with E-state index in [1.807, 2.05) is 31.3 Å². The molecule has 0 atom stereocenters. The van der Waals surface area contributed by atoms with E-state index in [0.717, 1.165) is 22.3 Å². The van der Waals surface area contributed by atoms with Gasteiger partial charge < -0.3 is 5.32 Å². The zero-order chi connectivity index (χ0) is 17.9. The summed E-state index contributed by atoms with van der Waals surface area (Å²) < 4.78 is 0. The molecule has 128 valence electrons. The number of hydrogen-bond acceptors (Lipinski definition) is 4. The molecule has 0 unspecified atom stereocenters. The fraction of sp³-hybridized carbons (Fsp3) is 0.0952. The van der Waals surface area contributed by atoms with Crippen LogP contribution in [0.2, 0.25) is 5.15 Å². The number of nitrogens with zero attached hydrogens (tertiary/aromatic N) is 3. The first-order valence-corrected chi connectivity index (χ1v) is 8.73. The maximum absolute atomic E-state index is 5.96. The Hall–Kier alpha value is -2.98. The van der Waals surface area contributed by atoms with Gasteiger partial charge in [0.05, 0.1) is 0 Å². The van der Waals surface area contributed by atoms with Gasteiger partial charge in [-0.1, -0.05) is 35.9 Å². The van der Waals surface area contributed by atoms with E-state index in [9.17, 15) is 0 Å². The van der Waals surface area contributed by atoms with Crippen LogP contribution in [-0.4, -0.2) is 15.0 Å². The summed E-state index contributed by atoms with van der Waals surface area (Å²) in [6, 6.07) is 16.4. The van der Waals surface area contributed by atoms with Gasteiger partial charge in [0.1, 0.15) is 11.0 Å². The maximum atomic E-state index is 5.96. The van der Waals surface area contributed by atoms with Crippen LogP contribution in [0.3, 0.4) is 0 Å². The number of hydrogen-bond donors (Lipinski definition) is 1. The first-order valence-electron chi connectivity index (χ1n) is 8.35. The van der Waals surface area contributed by atoms with E-state index in [-0.39, 0.29) is 0 Å². The molecule has 4 aromatic rings. The average Bonchev–Trinajstić information content (AvgIpc) is 2.66. The van der Waals surface area contributed by atoms with Crippen molar-refractivity contribution in [2.45, 2.75) is 13.5 Å². The standard InChI is InChI=1S/C21H17ClN4/c1-14-10-17(6-8-23-14)16-4-2-15(3-5-16)12-26-21-19-13-25-20(22)11-18(19)7-9-24-21/h2-11,13H,12H2,1H3,(H,24,26). The van der Waals surface area contributed by atoms with Crippen molar-refractivity contribution in [3.8, 4) is 11.1 Å². The third-order valence-corrected chi connectivity index (χ3v) is 4.47. The summed E-state index contributed by atoms with van der Waals surface area (Å²) in [6.07, 6.45) is 5.37. The molecule has 0 aliphatic heterocycles. The van der Waals surface area contributed by atoms with Crippen molar-refractivity contribution >= 4 is 28.2 Å². The van der Waals surface area contributed by atoms with Gasteiger partial charge in [0.2, 0.25) is 0 Å². The fourth-order valence-corrected chi connectivity index (χ4v) is 3.07. The Balaban J connectivity index is 1.52. The molecule has 4 nitrogen and oxygen atoms in total. The molecule has 3 aromatic heterocycles. The minimum atomic E-state index is 0.483. The van der Waals surface area contributed by atoms with Crippen LogP contribution >= 0.6 is 11.6 Å². The number of aryl methyl sites for hydroxylation is 1. The summed E-state index contributed by atoms with van der Waals surface area (Å²) in [5.74, 6) is 0.806. The van der Waals surface area contributed by atoms with Crippen molar-refractivity contribution in [2.24, 2.45) is 0 Å². The number of benzene rings is 1. The summed E-state index contributed by atoms with van der Waals surface area (Å²) >= 11 is 5.96. The largest absolute Gasteiger partial charge is 0.365 e. The Bertz CT molecular complexity index is 1060. The zero-order valence-corrected chi connectivity index (χ0v) is 15.0. The predicted octanol–water partition coefficient (Wildman–Crippen LogP) is 5.27. The number of rotatable bonds is 4. The summed E-state index contributed by atoms with van der Waals surface area (Å²) in [7, 11) is 0.